The SMILES string of the molecule is O=C(CCNS(=O)(=O)c1ccc(F)cc1)NCCS(=O)(=O)N1CCN(c2ccccn2)CC1. The minimum Gasteiger partial charge on any atom is -0.355 e. The van der Waals surface area contributed by atoms with Gasteiger partial charge in [0, 0.05) is 51.9 Å². The maximum absolute atomic E-state index is 12.9. The molecule has 1 amide bonds. The molecule has 33 heavy (non-hydrogen) atoms. The van der Waals surface area contributed by atoms with Gasteiger partial charge in [0.15, 0.2) is 0 Å². The number of piperazine rings is 1. The minimum atomic E-state index is -3.86. The Kier molecular flexibility index (Phi) is 8.35. The zero-order valence-electron chi connectivity index (χ0n) is 17.9. The van der Waals surface area contributed by atoms with Gasteiger partial charge in [-0.05, 0) is 36.4 Å². The molecule has 0 bridgehead atoms. The number of amides is 1. The molecule has 1 fully saturated rings. The van der Waals surface area contributed by atoms with Crippen LogP contribution in [0.2, 0.25) is 0 Å². The van der Waals surface area contributed by atoms with E-state index in [4.69, 9.17) is 0 Å². The zero-order chi connectivity index (χ0) is 23.9. The van der Waals surface area contributed by atoms with E-state index in [1.165, 1.54) is 4.31 Å². The molecule has 0 aliphatic carbocycles. The molecule has 1 aromatic heterocycles. The molecule has 0 unspecified atom stereocenters. The molecule has 10 nitrogen and oxygen atoms in total. The lowest BCUT2D eigenvalue weighted by molar-refractivity contribution is -0.120. The number of hydrogen-bond acceptors (Lipinski definition) is 7. The highest BCUT2D eigenvalue weighted by molar-refractivity contribution is 7.89. The molecule has 1 aliphatic heterocycles. The van der Waals surface area contributed by atoms with Gasteiger partial charge >= 0.3 is 0 Å². The van der Waals surface area contributed by atoms with E-state index in [0.717, 1.165) is 30.1 Å². The van der Waals surface area contributed by atoms with Crippen LogP contribution in [0.4, 0.5) is 10.2 Å². The van der Waals surface area contributed by atoms with Gasteiger partial charge in [-0.3, -0.25) is 4.79 Å². The average Bonchev–Trinajstić information content (AvgIpc) is 2.80. The van der Waals surface area contributed by atoms with Crippen molar-refractivity contribution in [3.63, 3.8) is 0 Å². The fourth-order valence-corrected chi connectivity index (χ4v) is 5.64. The van der Waals surface area contributed by atoms with Crippen LogP contribution in [0, 0.1) is 5.82 Å². The van der Waals surface area contributed by atoms with E-state index < -0.39 is 31.8 Å². The molecule has 0 saturated carbocycles. The number of pyridine rings is 1. The first-order valence-electron chi connectivity index (χ1n) is 10.3. The number of anilines is 1. The second-order valence-corrected chi connectivity index (χ2v) is 11.2. The van der Waals surface area contributed by atoms with Crippen LogP contribution in [0.1, 0.15) is 6.42 Å². The lowest BCUT2D eigenvalue weighted by Gasteiger charge is -2.34. The summed E-state index contributed by atoms with van der Waals surface area (Å²) in [5.74, 6) is -0.480. The molecule has 180 valence electrons. The Bertz CT molecular complexity index is 1140. The molecule has 2 N–H and O–H groups in total. The topological polar surface area (TPSA) is 129 Å². The Morgan fingerprint density at radius 2 is 1.67 bits per heavy atom. The number of nitrogens with one attached hydrogen (secondary N) is 2. The lowest BCUT2D eigenvalue weighted by atomic mass is 10.3. The molecule has 1 aliphatic rings. The fraction of sp³-hybridized carbons (Fsp3) is 0.400. The van der Waals surface area contributed by atoms with E-state index in [1.807, 2.05) is 23.1 Å². The van der Waals surface area contributed by atoms with E-state index in [9.17, 15) is 26.0 Å². The molecule has 2 heterocycles. The zero-order valence-corrected chi connectivity index (χ0v) is 19.5. The quantitative estimate of drug-likeness (QED) is 0.476. The molecule has 0 spiro atoms. The smallest absolute Gasteiger partial charge is 0.240 e. The number of aromatic nitrogens is 1. The van der Waals surface area contributed by atoms with Crippen LogP contribution in [0.3, 0.4) is 0 Å². The normalized spacial score (nSPS) is 15.4. The van der Waals surface area contributed by atoms with Gasteiger partial charge in [-0.1, -0.05) is 6.07 Å². The van der Waals surface area contributed by atoms with Crippen LogP contribution < -0.4 is 14.9 Å². The minimum absolute atomic E-state index is 0.0770. The first-order valence-corrected chi connectivity index (χ1v) is 13.4. The van der Waals surface area contributed by atoms with E-state index in [0.29, 0.717) is 26.2 Å². The van der Waals surface area contributed by atoms with Crippen molar-refractivity contribution in [1.82, 2.24) is 19.3 Å². The predicted octanol–water partition coefficient (Wildman–Crippen LogP) is 0.157. The van der Waals surface area contributed by atoms with Crippen LogP contribution >= 0.6 is 0 Å². The summed E-state index contributed by atoms with van der Waals surface area (Å²) in [6.45, 7) is 1.46. The second kappa shape index (κ2) is 11.0. The maximum atomic E-state index is 12.9. The summed E-state index contributed by atoms with van der Waals surface area (Å²) in [7, 11) is -7.40. The summed E-state index contributed by atoms with van der Waals surface area (Å²) in [5, 5.41) is 2.50. The summed E-state index contributed by atoms with van der Waals surface area (Å²) >= 11 is 0. The van der Waals surface area contributed by atoms with Crippen molar-refractivity contribution < 1.29 is 26.0 Å². The van der Waals surface area contributed by atoms with Crippen molar-refractivity contribution in [1.29, 1.82) is 0 Å². The molecule has 3 rings (SSSR count). The Hall–Kier alpha value is -2.61. The van der Waals surface area contributed by atoms with Crippen LogP contribution in [0.15, 0.2) is 53.6 Å². The summed E-state index contributed by atoms with van der Waals surface area (Å²) in [4.78, 5) is 18.1. The Morgan fingerprint density at radius 3 is 2.30 bits per heavy atom. The van der Waals surface area contributed by atoms with E-state index >= 15 is 0 Å². The monoisotopic (exact) mass is 499 g/mol. The summed E-state index contributed by atoms with van der Waals surface area (Å²) in [6, 6.07) is 9.87. The van der Waals surface area contributed by atoms with Gasteiger partial charge in [0.2, 0.25) is 26.0 Å². The Balaban J connectivity index is 1.37. The van der Waals surface area contributed by atoms with Crippen molar-refractivity contribution in [2.24, 2.45) is 0 Å². The van der Waals surface area contributed by atoms with Gasteiger partial charge in [-0.25, -0.2) is 30.9 Å². The summed E-state index contributed by atoms with van der Waals surface area (Å²) in [6.07, 6.45) is 1.53. The maximum Gasteiger partial charge on any atom is 0.240 e. The second-order valence-electron chi connectivity index (χ2n) is 7.34. The number of rotatable bonds is 10. The summed E-state index contributed by atoms with van der Waals surface area (Å²) in [5.41, 5.74) is 0. The molecule has 13 heteroatoms. The number of benzene rings is 1. The van der Waals surface area contributed by atoms with E-state index in [-0.39, 0.29) is 30.2 Å². The van der Waals surface area contributed by atoms with Crippen molar-refractivity contribution in [2.45, 2.75) is 11.3 Å². The van der Waals surface area contributed by atoms with Crippen molar-refractivity contribution >= 4 is 31.8 Å². The lowest BCUT2D eigenvalue weighted by Crippen LogP contribution is -2.50. The highest BCUT2D eigenvalue weighted by Gasteiger charge is 2.27. The molecule has 1 aromatic carbocycles. The predicted molar refractivity (Wildman–Crippen MR) is 121 cm³/mol. The number of sulfonamides is 2. The van der Waals surface area contributed by atoms with Crippen molar-refractivity contribution in [3.8, 4) is 0 Å². The number of nitrogens with zero attached hydrogens (tertiary/aromatic N) is 3. The Morgan fingerprint density at radius 1 is 0.970 bits per heavy atom. The first kappa shape index (κ1) is 25.0. The molecule has 0 atom stereocenters. The number of carbonyl (C=O) groups is 1. The molecular formula is C20H26FN5O5S2. The van der Waals surface area contributed by atoms with Crippen LogP contribution in [-0.2, 0) is 24.8 Å². The Labute approximate surface area is 192 Å². The van der Waals surface area contributed by atoms with Gasteiger partial charge in [0.25, 0.3) is 0 Å². The van der Waals surface area contributed by atoms with Crippen molar-refractivity contribution in [2.75, 3.05) is 49.9 Å². The van der Waals surface area contributed by atoms with Gasteiger partial charge in [-0.15, -0.1) is 0 Å². The highest BCUT2D eigenvalue weighted by Crippen LogP contribution is 2.14. The summed E-state index contributed by atoms with van der Waals surface area (Å²) < 4.78 is 65.9. The van der Waals surface area contributed by atoms with Crippen LogP contribution in [0.25, 0.3) is 0 Å². The molecule has 2 aromatic rings. The van der Waals surface area contributed by atoms with Gasteiger partial charge in [0.1, 0.15) is 11.6 Å². The number of carbonyl (C=O) groups excluding carboxylic acids is 1. The van der Waals surface area contributed by atoms with Gasteiger partial charge < -0.3 is 10.2 Å². The van der Waals surface area contributed by atoms with Gasteiger partial charge in [-0.2, -0.15) is 4.31 Å². The van der Waals surface area contributed by atoms with Crippen LogP contribution in [0.5, 0.6) is 0 Å². The highest BCUT2D eigenvalue weighted by atomic mass is 32.2. The average molecular weight is 500 g/mol. The van der Waals surface area contributed by atoms with E-state index in [2.05, 4.69) is 15.0 Å². The third kappa shape index (κ3) is 7.19. The molecule has 0 radical (unpaired) electrons. The number of hydrogen-bond donors (Lipinski definition) is 2. The first-order chi connectivity index (χ1) is 15.7. The fourth-order valence-electron chi connectivity index (χ4n) is 3.27. The standard InChI is InChI=1S/C20H26FN5O5S2/c21-17-4-6-18(7-5-17)33(30,31)24-10-8-20(27)23-11-16-32(28,29)26-14-12-25(13-15-26)19-3-1-2-9-22-19/h1-7,9,24H,8,10-16H2,(H,23,27). The van der Waals surface area contributed by atoms with E-state index in [1.54, 1.807) is 6.20 Å². The molecular weight excluding hydrogens is 473 g/mol. The largest absolute Gasteiger partial charge is 0.355 e. The number of halogens is 1. The third-order valence-corrected chi connectivity index (χ3v) is 8.40. The van der Waals surface area contributed by atoms with Gasteiger partial charge in [0.05, 0.1) is 10.6 Å². The van der Waals surface area contributed by atoms with Crippen molar-refractivity contribution in [3.05, 3.63) is 54.5 Å². The molecule has 1 saturated heterocycles. The third-order valence-electron chi connectivity index (χ3n) is 5.06. The van der Waals surface area contributed by atoms with Crippen LogP contribution in [-0.4, -0.2) is 77.1 Å².